The highest BCUT2D eigenvalue weighted by Crippen LogP contribution is 2.26. The second-order valence-electron chi connectivity index (χ2n) is 4.49. The van der Waals surface area contributed by atoms with Gasteiger partial charge >= 0.3 is 11.7 Å². The van der Waals surface area contributed by atoms with Gasteiger partial charge in [0, 0.05) is 12.7 Å². The molecule has 0 radical (unpaired) electrons. The number of nitrogens with two attached hydrogens (primary N) is 1. The van der Waals surface area contributed by atoms with Crippen LogP contribution in [0.1, 0.15) is 16.1 Å². The van der Waals surface area contributed by atoms with Crippen LogP contribution in [0.25, 0.3) is 11.3 Å². The fourth-order valence-corrected chi connectivity index (χ4v) is 2.06. The molecule has 2 rings (SSSR count). The summed E-state index contributed by atoms with van der Waals surface area (Å²) < 4.78 is 36.7. The lowest BCUT2D eigenvalue weighted by Crippen LogP contribution is -2.34. The number of nitrogen functional groups attached to an aromatic ring is 1. The number of aromatic nitrogens is 2. The molecule has 0 atom stereocenters. The third kappa shape index (κ3) is 3.04. The molecule has 0 spiro atoms. The fraction of sp³-hybridized carbons (Fsp3) is 0.214. The predicted octanol–water partition coefficient (Wildman–Crippen LogP) is 0.835. The van der Waals surface area contributed by atoms with Gasteiger partial charge in [-0.15, -0.1) is 0 Å². The minimum absolute atomic E-state index is 0.0173. The lowest BCUT2D eigenvalue weighted by Gasteiger charge is -2.15. The normalized spacial score (nSPS) is 10.6. The van der Waals surface area contributed by atoms with E-state index in [0.717, 1.165) is 19.2 Å². The molecule has 0 aliphatic carbocycles. The van der Waals surface area contributed by atoms with Crippen LogP contribution in [0.5, 0.6) is 0 Å². The van der Waals surface area contributed by atoms with E-state index in [9.17, 15) is 18.4 Å². The topological polar surface area (TPSA) is 96.4 Å². The van der Waals surface area contributed by atoms with Gasteiger partial charge in [-0.1, -0.05) is 0 Å². The zero-order valence-corrected chi connectivity index (χ0v) is 12.3. The maximum atomic E-state index is 13.5. The van der Waals surface area contributed by atoms with Gasteiger partial charge in [-0.25, -0.2) is 23.0 Å². The Hall–Kier alpha value is -2.81. The van der Waals surface area contributed by atoms with Crippen LogP contribution in [0.4, 0.5) is 8.78 Å². The third-order valence-corrected chi connectivity index (χ3v) is 3.07. The van der Waals surface area contributed by atoms with Crippen LogP contribution >= 0.6 is 0 Å². The first kappa shape index (κ1) is 16.6. The van der Waals surface area contributed by atoms with Crippen LogP contribution < -0.4 is 11.5 Å². The molecule has 1 heterocycles. The summed E-state index contributed by atoms with van der Waals surface area (Å²) in [4.78, 5) is 27.6. The molecular formula is C14H13F2N3O4. The molecule has 0 aliphatic rings. The third-order valence-electron chi connectivity index (χ3n) is 3.07. The Balaban J connectivity index is 2.85. The van der Waals surface area contributed by atoms with E-state index in [4.69, 9.17) is 10.6 Å². The molecule has 0 unspecified atom stereocenters. The summed E-state index contributed by atoms with van der Waals surface area (Å²) in [6.45, 7) is -0.169. The Morgan fingerprint density at radius 3 is 2.57 bits per heavy atom. The first-order valence-electron chi connectivity index (χ1n) is 6.34. The SMILES string of the molecule is COCc1nc(=O)n(N)c(-c2ccc(F)c(F)c2)c1C(=O)OC. The fourth-order valence-electron chi connectivity index (χ4n) is 2.06. The number of benzene rings is 1. The molecule has 0 saturated carbocycles. The summed E-state index contributed by atoms with van der Waals surface area (Å²) in [6.07, 6.45) is 0. The van der Waals surface area contributed by atoms with Crippen molar-refractivity contribution in [3.05, 3.63) is 51.6 Å². The quantitative estimate of drug-likeness (QED) is 0.661. The number of ether oxygens (including phenoxy) is 2. The van der Waals surface area contributed by atoms with Gasteiger partial charge in [0.15, 0.2) is 11.6 Å². The lowest BCUT2D eigenvalue weighted by atomic mass is 10.0. The highest BCUT2D eigenvalue weighted by molar-refractivity contribution is 5.97. The number of hydrogen-bond donors (Lipinski definition) is 1. The number of halogens is 2. The Morgan fingerprint density at radius 1 is 1.30 bits per heavy atom. The highest BCUT2D eigenvalue weighted by atomic mass is 19.2. The highest BCUT2D eigenvalue weighted by Gasteiger charge is 2.24. The van der Waals surface area contributed by atoms with Crippen LogP contribution in [0.3, 0.4) is 0 Å². The number of rotatable bonds is 4. The van der Waals surface area contributed by atoms with E-state index in [0.29, 0.717) is 4.68 Å². The molecule has 0 saturated heterocycles. The summed E-state index contributed by atoms with van der Waals surface area (Å²) in [5, 5.41) is 0. The van der Waals surface area contributed by atoms with Crippen molar-refractivity contribution in [2.24, 2.45) is 0 Å². The molecule has 1 aromatic carbocycles. The molecule has 2 aromatic rings. The molecule has 1 aromatic heterocycles. The number of hydrogen-bond acceptors (Lipinski definition) is 6. The first-order chi connectivity index (χ1) is 10.9. The van der Waals surface area contributed by atoms with Crippen LogP contribution in [-0.4, -0.2) is 29.8 Å². The zero-order chi connectivity index (χ0) is 17.1. The molecule has 0 bridgehead atoms. The maximum Gasteiger partial charge on any atom is 0.366 e. The number of carbonyl (C=O) groups is 1. The standard InChI is InChI=1S/C14H13F2N3O4/c1-22-6-10-11(13(20)23-2)12(19(17)14(21)18-10)7-3-4-8(15)9(16)5-7/h3-5H,6,17H2,1-2H3. The van der Waals surface area contributed by atoms with Crippen LogP contribution in [0.15, 0.2) is 23.0 Å². The van der Waals surface area contributed by atoms with Crippen LogP contribution in [-0.2, 0) is 16.1 Å². The van der Waals surface area contributed by atoms with E-state index < -0.39 is 23.3 Å². The van der Waals surface area contributed by atoms with Crippen LogP contribution in [0.2, 0.25) is 0 Å². The summed E-state index contributed by atoms with van der Waals surface area (Å²) in [5.74, 6) is 2.56. The zero-order valence-electron chi connectivity index (χ0n) is 12.3. The summed E-state index contributed by atoms with van der Waals surface area (Å²) in [5.41, 5.74) is -1.20. The summed E-state index contributed by atoms with van der Waals surface area (Å²) in [6, 6.07) is 2.85. The first-order valence-corrected chi connectivity index (χ1v) is 6.34. The van der Waals surface area contributed by atoms with Gasteiger partial charge in [-0.3, -0.25) is 0 Å². The van der Waals surface area contributed by atoms with Crippen molar-refractivity contribution in [2.75, 3.05) is 20.1 Å². The smallest absolute Gasteiger partial charge is 0.366 e. The van der Waals surface area contributed by atoms with Crippen molar-refractivity contribution in [3.8, 4) is 11.3 Å². The van der Waals surface area contributed by atoms with E-state index in [-0.39, 0.29) is 29.1 Å². The Labute approximate surface area is 129 Å². The molecule has 0 aliphatic heterocycles. The number of esters is 1. The molecule has 9 heteroatoms. The second-order valence-corrected chi connectivity index (χ2v) is 4.49. The van der Waals surface area contributed by atoms with E-state index in [1.165, 1.54) is 13.2 Å². The predicted molar refractivity (Wildman–Crippen MR) is 76.1 cm³/mol. The van der Waals surface area contributed by atoms with Crippen molar-refractivity contribution in [3.63, 3.8) is 0 Å². The van der Waals surface area contributed by atoms with Crippen molar-refractivity contribution in [2.45, 2.75) is 6.61 Å². The lowest BCUT2D eigenvalue weighted by molar-refractivity contribution is 0.0594. The van der Waals surface area contributed by atoms with E-state index in [2.05, 4.69) is 9.72 Å². The van der Waals surface area contributed by atoms with Crippen molar-refractivity contribution in [1.82, 2.24) is 9.66 Å². The molecule has 0 fully saturated rings. The van der Waals surface area contributed by atoms with Gasteiger partial charge in [0.1, 0.15) is 5.56 Å². The largest absolute Gasteiger partial charge is 0.465 e. The van der Waals surface area contributed by atoms with Crippen molar-refractivity contribution < 1.29 is 23.0 Å². The average Bonchev–Trinajstić information content (AvgIpc) is 2.52. The molecule has 0 amide bonds. The van der Waals surface area contributed by atoms with Crippen molar-refractivity contribution >= 4 is 5.97 Å². The van der Waals surface area contributed by atoms with Gasteiger partial charge < -0.3 is 15.3 Å². The van der Waals surface area contributed by atoms with Gasteiger partial charge in [-0.2, -0.15) is 4.98 Å². The van der Waals surface area contributed by atoms with Gasteiger partial charge in [0.2, 0.25) is 0 Å². The maximum absolute atomic E-state index is 13.5. The summed E-state index contributed by atoms with van der Waals surface area (Å²) in [7, 11) is 2.47. The summed E-state index contributed by atoms with van der Waals surface area (Å²) >= 11 is 0. The van der Waals surface area contributed by atoms with E-state index in [1.807, 2.05) is 0 Å². The average molecular weight is 325 g/mol. The molecular weight excluding hydrogens is 312 g/mol. The Kier molecular flexibility index (Phi) is 4.70. The Morgan fingerprint density at radius 2 is 2.00 bits per heavy atom. The number of nitrogens with zero attached hydrogens (tertiary/aromatic N) is 2. The number of methoxy groups -OCH3 is 2. The van der Waals surface area contributed by atoms with Crippen molar-refractivity contribution in [1.29, 1.82) is 0 Å². The monoisotopic (exact) mass is 325 g/mol. The minimum Gasteiger partial charge on any atom is -0.465 e. The Bertz CT molecular complexity index is 820. The van der Waals surface area contributed by atoms with E-state index in [1.54, 1.807) is 0 Å². The number of carbonyl (C=O) groups excluding carboxylic acids is 1. The molecule has 2 N–H and O–H groups in total. The second kappa shape index (κ2) is 6.53. The van der Waals surface area contributed by atoms with Crippen LogP contribution in [0, 0.1) is 11.6 Å². The van der Waals surface area contributed by atoms with Gasteiger partial charge in [-0.05, 0) is 18.2 Å². The van der Waals surface area contributed by atoms with Gasteiger partial charge in [0.05, 0.1) is 25.1 Å². The molecule has 23 heavy (non-hydrogen) atoms. The van der Waals surface area contributed by atoms with E-state index >= 15 is 0 Å². The molecule has 122 valence electrons. The van der Waals surface area contributed by atoms with Gasteiger partial charge in [0.25, 0.3) is 0 Å². The molecule has 7 nitrogen and oxygen atoms in total. The minimum atomic E-state index is -1.16.